The molecule has 114 valence electrons. The molecule has 0 aromatic heterocycles. The molecule has 9 heteroatoms. The van der Waals surface area contributed by atoms with Crippen LogP contribution in [0.25, 0.3) is 0 Å². The lowest BCUT2D eigenvalue weighted by atomic mass is 10.1. The second-order valence-electron chi connectivity index (χ2n) is 4.93. The Morgan fingerprint density at radius 3 is 2.25 bits per heavy atom. The Labute approximate surface area is 113 Å². The molecule has 0 aliphatic carbocycles. The van der Waals surface area contributed by atoms with Gasteiger partial charge in [0.1, 0.15) is 10.7 Å². The molecule has 0 saturated heterocycles. The van der Waals surface area contributed by atoms with Crippen LogP contribution in [0.5, 0.6) is 0 Å². The number of benzene rings is 1. The van der Waals surface area contributed by atoms with Crippen LogP contribution < -0.4 is 11.1 Å². The minimum absolute atomic E-state index is 0.0129. The van der Waals surface area contributed by atoms with Crippen LogP contribution in [0.4, 0.5) is 23.2 Å². The highest BCUT2D eigenvalue weighted by atomic mass is 32.2. The minimum atomic E-state index is -5.64. The van der Waals surface area contributed by atoms with Crippen molar-refractivity contribution in [3.05, 3.63) is 24.0 Å². The molecule has 0 bridgehead atoms. The van der Waals surface area contributed by atoms with Crippen LogP contribution >= 0.6 is 0 Å². The fraction of sp³-hybridized carbons (Fsp3) is 0.455. The third-order valence-electron chi connectivity index (χ3n) is 2.27. The van der Waals surface area contributed by atoms with Gasteiger partial charge in [0.15, 0.2) is 0 Å². The summed E-state index contributed by atoms with van der Waals surface area (Å²) in [4.78, 5) is -1.16. The van der Waals surface area contributed by atoms with Gasteiger partial charge in [-0.25, -0.2) is 12.8 Å². The zero-order valence-corrected chi connectivity index (χ0v) is 11.6. The topological polar surface area (TPSA) is 72.2 Å². The Balaban J connectivity index is 3.29. The highest BCUT2D eigenvalue weighted by Crippen LogP contribution is 2.34. The van der Waals surface area contributed by atoms with Crippen LogP contribution in [0.15, 0.2) is 23.1 Å². The lowest BCUT2D eigenvalue weighted by Gasteiger charge is -2.21. The molecule has 3 N–H and O–H groups in total. The summed E-state index contributed by atoms with van der Waals surface area (Å²) in [7, 11) is -5.64. The van der Waals surface area contributed by atoms with E-state index in [0.717, 1.165) is 12.1 Å². The number of hydrogen-bond donors (Lipinski definition) is 2. The normalized spacial score (nSPS) is 13.3. The Hall–Kier alpha value is -1.35. The van der Waals surface area contributed by atoms with E-state index in [9.17, 15) is 26.0 Å². The van der Waals surface area contributed by atoms with Crippen molar-refractivity contribution in [3.8, 4) is 0 Å². The molecule has 20 heavy (non-hydrogen) atoms. The molecule has 0 saturated carbocycles. The van der Waals surface area contributed by atoms with Crippen molar-refractivity contribution in [2.45, 2.75) is 29.8 Å². The van der Waals surface area contributed by atoms with Gasteiger partial charge in [-0.1, -0.05) is 0 Å². The molecule has 1 aromatic rings. The first-order chi connectivity index (χ1) is 8.84. The smallest absolute Gasteiger partial charge is 0.382 e. The van der Waals surface area contributed by atoms with E-state index in [0.29, 0.717) is 6.07 Å². The number of halogens is 4. The maximum Gasteiger partial charge on any atom is 0.501 e. The zero-order valence-electron chi connectivity index (χ0n) is 10.8. The van der Waals surface area contributed by atoms with E-state index in [1.54, 1.807) is 13.8 Å². The van der Waals surface area contributed by atoms with E-state index in [-0.39, 0.29) is 12.2 Å². The summed E-state index contributed by atoms with van der Waals surface area (Å²) >= 11 is 0. The summed E-state index contributed by atoms with van der Waals surface area (Å²) in [5, 5.41) is 2.49. The fourth-order valence-electron chi connectivity index (χ4n) is 1.31. The average Bonchev–Trinajstić information content (AvgIpc) is 2.24. The van der Waals surface area contributed by atoms with Crippen LogP contribution in [0.2, 0.25) is 0 Å². The van der Waals surface area contributed by atoms with E-state index < -0.39 is 31.6 Å². The molecular formula is C11H14F4N2O2S. The van der Waals surface area contributed by atoms with E-state index in [1.807, 2.05) is 0 Å². The van der Waals surface area contributed by atoms with Gasteiger partial charge in [-0.3, -0.25) is 0 Å². The largest absolute Gasteiger partial charge is 0.501 e. The van der Waals surface area contributed by atoms with Crippen molar-refractivity contribution in [2.75, 3.05) is 11.9 Å². The van der Waals surface area contributed by atoms with Crippen molar-refractivity contribution in [1.29, 1.82) is 0 Å². The van der Waals surface area contributed by atoms with Crippen LogP contribution in [0.1, 0.15) is 13.8 Å². The number of anilines is 1. The van der Waals surface area contributed by atoms with E-state index >= 15 is 0 Å². The van der Waals surface area contributed by atoms with Crippen molar-refractivity contribution < 1.29 is 26.0 Å². The maximum absolute atomic E-state index is 13.1. The van der Waals surface area contributed by atoms with E-state index in [4.69, 9.17) is 5.73 Å². The van der Waals surface area contributed by atoms with E-state index in [1.165, 1.54) is 0 Å². The molecular weight excluding hydrogens is 300 g/mol. The summed E-state index contributed by atoms with van der Waals surface area (Å²) in [6.45, 7) is 3.21. The van der Waals surface area contributed by atoms with Crippen molar-refractivity contribution in [3.63, 3.8) is 0 Å². The molecule has 0 unspecified atom stereocenters. The van der Waals surface area contributed by atoms with Gasteiger partial charge in [0.2, 0.25) is 0 Å². The van der Waals surface area contributed by atoms with Gasteiger partial charge < -0.3 is 11.1 Å². The number of nitrogens with one attached hydrogen (secondary N) is 1. The first-order valence-electron chi connectivity index (χ1n) is 5.48. The predicted molar refractivity (Wildman–Crippen MR) is 66.4 cm³/mol. The Morgan fingerprint density at radius 2 is 1.80 bits per heavy atom. The summed E-state index contributed by atoms with van der Waals surface area (Å²) in [6.07, 6.45) is 0. The second kappa shape index (κ2) is 5.21. The lowest BCUT2D eigenvalue weighted by Crippen LogP contribution is -2.40. The number of rotatable bonds is 4. The summed E-state index contributed by atoms with van der Waals surface area (Å²) < 4.78 is 73.5. The molecule has 0 atom stereocenters. The van der Waals surface area contributed by atoms with Crippen LogP contribution in [0, 0.1) is 5.82 Å². The van der Waals surface area contributed by atoms with Gasteiger partial charge in [-0.15, -0.1) is 0 Å². The standard InChI is InChI=1S/C11H14F4N2O2S/c1-10(2,16)6-17-8-4-3-7(12)5-9(8)20(18,19)11(13,14)15/h3-5,17H,6,16H2,1-2H3. The Kier molecular flexibility index (Phi) is 4.35. The molecule has 0 spiro atoms. The molecule has 4 nitrogen and oxygen atoms in total. The van der Waals surface area contributed by atoms with Crippen LogP contribution in [-0.2, 0) is 9.84 Å². The van der Waals surface area contributed by atoms with Crippen LogP contribution in [-0.4, -0.2) is 26.0 Å². The Bertz CT molecular complexity index is 591. The van der Waals surface area contributed by atoms with Gasteiger partial charge in [0, 0.05) is 12.1 Å². The maximum atomic E-state index is 13.1. The third kappa shape index (κ3) is 3.83. The molecule has 0 heterocycles. The molecule has 0 amide bonds. The van der Waals surface area contributed by atoms with Crippen LogP contribution in [0.3, 0.4) is 0 Å². The summed E-state index contributed by atoms with van der Waals surface area (Å²) in [5.74, 6) is -1.08. The van der Waals surface area contributed by atoms with Gasteiger partial charge >= 0.3 is 5.51 Å². The highest BCUT2D eigenvalue weighted by Gasteiger charge is 2.48. The van der Waals surface area contributed by atoms with Crippen molar-refractivity contribution >= 4 is 15.5 Å². The first kappa shape index (κ1) is 16.7. The average molecular weight is 314 g/mol. The molecule has 0 aliphatic heterocycles. The number of nitrogens with two attached hydrogens (primary N) is 1. The number of hydrogen-bond acceptors (Lipinski definition) is 4. The highest BCUT2D eigenvalue weighted by molar-refractivity contribution is 7.92. The quantitative estimate of drug-likeness (QED) is 0.836. The summed E-state index contributed by atoms with van der Waals surface area (Å²) in [6, 6.07) is 2.12. The summed E-state index contributed by atoms with van der Waals surface area (Å²) in [5.41, 5.74) is -0.984. The van der Waals surface area contributed by atoms with Gasteiger partial charge in [-0.05, 0) is 32.0 Å². The third-order valence-corrected chi connectivity index (χ3v) is 3.80. The molecule has 0 radical (unpaired) electrons. The van der Waals surface area contributed by atoms with Gasteiger partial charge in [-0.2, -0.15) is 13.2 Å². The lowest BCUT2D eigenvalue weighted by molar-refractivity contribution is -0.0435. The first-order valence-corrected chi connectivity index (χ1v) is 6.96. The second-order valence-corrected chi connectivity index (χ2v) is 6.84. The molecule has 1 aromatic carbocycles. The fourth-order valence-corrected chi connectivity index (χ4v) is 2.26. The number of alkyl halides is 3. The van der Waals surface area contributed by atoms with E-state index in [2.05, 4.69) is 5.32 Å². The van der Waals surface area contributed by atoms with Crippen molar-refractivity contribution in [1.82, 2.24) is 0 Å². The van der Waals surface area contributed by atoms with Crippen molar-refractivity contribution in [2.24, 2.45) is 5.73 Å². The molecule has 1 rings (SSSR count). The van der Waals surface area contributed by atoms with Gasteiger partial charge in [0.25, 0.3) is 9.84 Å². The Morgan fingerprint density at radius 1 is 1.25 bits per heavy atom. The predicted octanol–water partition coefficient (Wildman–Crippen LogP) is 2.27. The molecule has 0 fully saturated rings. The minimum Gasteiger partial charge on any atom is -0.382 e. The monoisotopic (exact) mass is 314 g/mol. The van der Waals surface area contributed by atoms with Gasteiger partial charge in [0.05, 0.1) is 5.69 Å². The molecule has 0 aliphatic rings. The number of sulfone groups is 1. The SMILES string of the molecule is CC(C)(N)CNc1ccc(F)cc1S(=O)(=O)C(F)(F)F. The zero-order chi connectivity index (χ0) is 15.8.